The van der Waals surface area contributed by atoms with Gasteiger partial charge in [0.1, 0.15) is 0 Å². The second-order valence-corrected chi connectivity index (χ2v) is 8.38. The molecule has 0 aromatic heterocycles. The molecule has 1 atom stereocenters. The zero-order valence-corrected chi connectivity index (χ0v) is 15.9. The van der Waals surface area contributed by atoms with E-state index in [1.165, 1.54) is 45.2 Å². The smallest absolute Gasteiger partial charge is 0.193 e. The number of morpholine rings is 1. The monoisotopic (exact) mass is 336 g/mol. The second-order valence-electron chi connectivity index (χ2n) is 8.38. The molecule has 2 aliphatic heterocycles. The summed E-state index contributed by atoms with van der Waals surface area (Å²) in [6.45, 7) is 11.9. The summed E-state index contributed by atoms with van der Waals surface area (Å²) in [7, 11) is 1.93. The maximum absolute atomic E-state index is 5.53. The third-order valence-electron chi connectivity index (χ3n) is 6.17. The molecule has 0 aromatic carbocycles. The van der Waals surface area contributed by atoms with Crippen LogP contribution in [-0.4, -0.2) is 74.8 Å². The third kappa shape index (κ3) is 4.23. The Hall–Kier alpha value is -0.810. The van der Waals surface area contributed by atoms with Crippen LogP contribution in [0.4, 0.5) is 0 Å². The fraction of sp³-hybridized carbons (Fsp3) is 0.947. The number of aliphatic imine (C=N–C) groups is 1. The first kappa shape index (κ1) is 18.0. The number of hydrogen-bond donors (Lipinski definition) is 1. The molecule has 5 nitrogen and oxygen atoms in total. The van der Waals surface area contributed by atoms with Crippen LogP contribution in [0.15, 0.2) is 4.99 Å². The molecule has 0 bridgehead atoms. The Kier molecular flexibility index (Phi) is 6.03. The molecule has 24 heavy (non-hydrogen) atoms. The Balaban J connectivity index is 1.53. The van der Waals surface area contributed by atoms with Crippen molar-refractivity contribution >= 4 is 5.96 Å². The van der Waals surface area contributed by atoms with E-state index in [2.05, 4.69) is 34.0 Å². The van der Waals surface area contributed by atoms with E-state index >= 15 is 0 Å². The molecule has 0 radical (unpaired) electrons. The Labute approximate surface area is 147 Å². The highest BCUT2D eigenvalue weighted by Gasteiger charge is 2.43. The van der Waals surface area contributed by atoms with Gasteiger partial charge in [-0.3, -0.25) is 9.89 Å². The lowest BCUT2D eigenvalue weighted by Crippen LogP contribution is -2.51. The molecule has 1 unspecified atom stereocenters. The van der Waals surface area contributed by atoms with E-state index in [-0.39, 0.29) is 0 Å². The number of nitrogens with zero attached hydrogens (tertiary/aromatic N) is 3. The molecule has 2 heterocycles. The predicted octanol–water partition coefficient (Wildman–Crippen LogP) is 2.18. The number of ether oxygens (including phenoxy) is 1. The van der Waals surface area contributed by atoms with Crippen molar-refractivity contribution in [3.05, 3.63) is 0 Å². The molecule has 3 fully saturated rings. The van der Waals surface area contributed by atoms with Crippen molar-refractivity contribution in [2.75, 3.05) is 53.0 Å². The molecule has 3 aliphatic rings. The molecule has 1 N–H and O–H groups in total. The summed E-state index contributed by atoms with van der Waals surface area (Å²) in [5, 5.41) is 3.69. The first-order valence-electron chi connectivity index (χ1n) is 9.89. The standard InChI is InChI=1S/C19H36N4O/c1-16(2)13-17(22-9-11-24-12-10-22)14-21-18(20-3)23-8-7-19(15-23)5-4-6-19/h16-17H,4-15H2,1-3H3,(H,20,21). The SMILES string of the molecule is CN=C(NCC(CC(C)C)N1CCOCC1)N1CCC2(CCC2)C1. The summed E-state index contributed by atoms with van der Waals surface area (Å²) >= 11 is 0. The van der Waals surface area contributed by atoms with E-state index in [0.29, 0.717) is 17.4 Å². The molecule has 1 aliphatic carbocycles. The van der Waals surface area contributed by atoms with Crippen LogP contribution in [0.5, 0.6) is 0 Å². The lowest BCUT2D eigenvalue weighted by atomic mass is 9.68. The van der Waals surface area contributed by atoms with Gasteiger partial charge in [0, 0.05) is 45.8 Å². The molecular formula is C19H36N4O. The highest BCUT2D eigenvalue weighted by atomic mass is 16.5. The van der Waals surface area contributed by atoms with Crippen LogP contribution in [0.3, 0.4) is 0 Å². The zero-order valence-electron chi connectivity index (χ0n) is 15.9. The van der Waals surface area contributed by atoms with E-state index in [0.717, 1.165) is 38.8 Å². The predicted molar refractivity (Wildman–Crippen MR) is 99.5 cm³/mol. The summed E-state index contributed by atoms with van der Waals surface area (Å²) in [4.78, 5) is 9.67. The molecular weight excluding hydrogens is 300 g/mol. The molecule has 0 aromatic rings. The number of rotatable bonds is 5. The van der Waals surface area contributed by atoms with Gasteiger partial charge in [-0.2, -0.15) is 0 Å². The second kappa shape index (κ2) is 8.05. The van der Waals surface area contributed by atoms with E-state index in [1.54, 1.807) is 0 Å². The number of likely N-dealkylation sites (tertiary alicyclic amines) is 1. The molecule has 3 rings (SSSR count). The topological polar surface area (TPSA) is 40.1 Å². The Morgan fingerprint density at radius 1 is 1.17 bits per heavy atom. The van der Waals surface area contributed by atoms with E-state index in [9.17, 15) is 0 Å². The molecule has 5 heteroatoms. The van der Waals surface area contributed by atoms with Gasteiger partial charge >= 0.3 is 0 Å². The quantitative estimate of drug-likeness (QED) is 0.617. The average Bonchev–Trinajstić information content (AvgIpc) is 3.01. The van der Waals surface area contributed by atoms with Crippen LogP contribution in [-0.2, 0) is 4.74 Å². The maximum Gasteiger partial charge on any atom is 0.193 e. The summed E-state index contributed by atoms with van der Waals surface area (Å²) in [5.41, 5.74) is 0.624. The normalized spacial score (nSPS) is 26.0. The van der Waals surface area contributed by atoms with E-state index in [4.69, 9.17) is 4.74 Å². The summed E-state index contributed by atoms with van der Waals surface area (Å²) in [6.07, 6.45) is 6.85. The molecule has 138 valence electrons. The highest BCUT2D eigenvalue weighted by molar-refractivity contribution is 5.80. The highest BCUT2D eigenvalue weighted by Crippen LogP contribution is 2.47. The molecule has 2 saturated heterocycles. The van der Waals surface area contributed by atoms with Crippen LogP contribution >= 0.6 is 0 Å². The minimum absolute atomic E-state index is 0.575. The number of hydrogen-bond acceptors (Lipinski definition) is 3. The first-order chi connectivity index (χ1) is 11.6. The minimum atomic E-state index is 0.575. The first-order valence-corrected chi connectivity index (χ1v) is 9.89. The van der Waals surface area contributed by atoms with Crippen molar-refractivity contribution in [2.24, 2.45) is 16.3 Å². The lowest BCUT2D eigenvalue weighted by Gasteiger charge is -2.39. The van der Waals surface area contributed by atoms with E-state index < -0.39 is 0 Å². The van der Waals surface area contributed by atoms with Gasteiger partial charge in [-0.1, -0.05) is 20.3 Å². The van der Waals surface area contributed by atoms with Crippen molar-refractivity contribution in [2.45, 2.75) is 52.0 Å². The fourth-order valence-corrected chi connectivity index (χ4v) is 4.59. The van der Waals surface area contributed by atoms with E-state index in [1.807, 2.05) is 7.05 Å². The summed E-state index contributed by atoms with van der Waals surface area (Å²) in [5.74, 6) is 1.83. The van der Waals surface area contributed by atoms with Crippen molar-refractivity contribution < 1.29 is 4.74 Å². The van der Waals surface area contributed by atoms with Gasteiger partial charge in [0.25, 0.3) is 0 Å². The van der Waals surface area contributed by atoms with Crippen molar-refractivity contribution in [1.82, 2.24) is 15.1 Å². The average molecular weight is 337 g/mol. The Bertz CT molecular complexity index is 427. The summed E-state index contributed by atoms with van der Waals surface area (Å²) < 4.78 is 5.53. The van der Waals surface area contributed by atoms with Gasteiger partial charge in [-0.15, -0.1) is 0 Å². The van der Waals surface area contributed by atoms with Crippen molar-refractivity contribution in [1.29, 1.82) is 0 Å². The van der Waals surface area contributed by atoms with Crippen molar-refractivity contribution in [3.63, 3.8) is 0 Å². The van der Waals surface area contributed by atoms with Gasteiger partial charge in [0.2, 0.25) is 0 Å². The van der Waals surface area contributed by atoms with Gasteiger partial charge in [-0.05, 0) is 37.0 Å². The van der Waals surface area contributed by atoms with Crippen LogP contribution in [0, 0.1) is 11.3 Å². The molecule has 0 amide bonds. The Morgan fingerprint density at radius 2 is 1.92 bits per heavy atom. The number of nitrogens with one attached hydrogen (secondary N) is 1. The zero-order chi connectivity index (χ0) is 17.0. The molecule has 1 saturated carbocycles. The van der Waals surface area contributed by atoms with Crippen molar-refractivity contribution in [3.8, 4) is 0 Å². The van der Waals surface area contributed by atoms with Crippen LogP contribution in [0.2, 0.25) is 0 Å². The van der Waals surface area contributed by atoms with Gasteiger partial charge < -0.3 is 15.0 Å². The summed E-state index contributed by atoms with van der Waals surface area (Å²) in [6, 6.07) is 0.575. The van der Waals surface area contributed by atoms with Crippen LogP contribution in [0.25, 0.3) is 0 Å². The van der Waals surface area contributed by atoms with Gasteiger partial charge in [0.05, 0.1) is 13.2 Å². The minimum Gasteiger partial charge on any atom is -0.379 e. The van der Waals surface area contributed by atoms with Crippen LogP contribution in [0.1, 0.15) is 46.0 Å². The van der Waals surface area contributed by atoms with Gasteiger partial charge in [0.15, 0.2) is 5.96 Å². The molecule has 1 spiro atoms. The largest absolute Gasteiger partial charge is 0.379 e. The third-order valence-corrected chi connectivity index (χ3v) is 6.17. The van der Waals surface area contributed by atoms with Gasteiger partial charge in [-0.25, -0.2) is 0 Å². The fourth-order valence-electron chi connectivity index (χ4n) is 4.59. The van der Waals surface area contributed by atoms with Crippen LogP contribution < -0.4 is 5.32 Å². The lowest BCUT2D eigenvalue weighted by molar-refractivity contribution is 0.0131. The maximum atomic E-state index is 5.53. The Morgan fingerprint density at radius 3 is 2.46 bits per heavy atom. The number of guanidine groups is 1.